The van der Waals surface area contributed by atoms with Crippen LogP contribution in [0, 0.1) is 6.92 Å². The number of hydrogen-bond acceptors (Lipinski definition) is 5. The Labute approximate surface area is 143 Å². The minimum Gasteiger partial charge on any atom is -0.464 e. The fraction of sp³-hybridized carbons (Fsp3) is 0.316. The maximum absolute atomic E-state index is 14.4. The number of fused-ring (bicyclic) bond motifs is 2. The Bertz CT molecular complexity index is 1030. The van der Waals surface area contributed by atoms with Gasteiger partial charge in [-0.25, -0.2) is 14.2 Å². The summed E-state index contributed by atoms with van der Waals surface area (Å²) in [4.78, 5) is 28.5. The molecule has 0 amide bonds. The van der Waals surface area contributed by atoms with E-state index in [1.54, 1.807) is 26.0 Å². The molecule has 2 aromatic heterocycles. The van der Waals surface area contributed by atoms with E-state index in [9.17, 15) is 14.0 Å². The van der Waals surface area contributed by atoms with E-state index in [0.717, 1.165) is 12.0 Å². The number of rotatable bonds is 4. The first kappa shape index (κ1) is 17.1. The number of benzene rings is 1. The van der Waals surface area contributed by atoms with E-state index in [2.05, 4.69) is 4.98 Å². The molecule has 130 valence electrons. The average Bonchev–Trinajstić information content (AvgIpc) is 2.61. The Morgan fingerprint density at radius 2 is 2.04 bits per heavy atom. The van der Waals surface area contributed by atoms with E-state index < -0.39 is 12.1 Å². The summed E-state index contributed by atoms with van der Waals surface area (Å²) in [5, 5.41) is 0.723. The van der Waals surface area contributed by atoms with Gasteiger partial charge in [-0.3, -0.25) is 4.79 Å². The number of ether oxygens (including phenoxy) is 1. The number of aryl methyl sites for hydroxylation is 2. The molecular formula is C19H18FNO4. The first-order valence-corrected chi connectivity index (χ1v) is 8.14. The van der Waals surface area contributed by atoms with Crippen LogP contribution < -0.4 is 5.43 Å². The van der Waals surface area contributed by atoms with Crippen molar-refractivity contribution in [2.45, 2.75) is 33.4 Å². The molecule has 1 atom stereocenters. The van der Waals surface area contributed by atoms with Crippen LogP contribution in [0.5, 0.6) is 0 Å². The lowest BCUT2D eigenvalue weighted by molar-refractivity contribution is -0.149. The molecule has 0 bridgehead atoms. The quantitative estimate of drug-likeness (QED) is 0.532. The van der Waals surface area contributed by atoms with E-state index in [1.807, 2.05) is 13.0 Å². The molecule has 0 aliphatic heterocycles. The molecule has 0 aliphatic carbocycles. The third kappa shape index (κ3) is 2.99. The number of halogens is 1. The average molecular weight is 343 g/mol. The molecular weight excluding hydrogens is 325 g/mol. The van der Waals surface area contributed by atoms with Gasteiger partial charge in [-0.1, -0.05) is 13.0 Å². The first-order chi connectivity index (χ1) is 12.0. The van der Waals surface area contributed by atoms with Gasteiger partial charge in [0.15, 0.2) is 0 Å². The van der Waals surface area contributed by atoms with Crippen molar-refractivity contribution in [2.24, 2.45) is 0 Å². The Hall–Kier alpha value is -2.76. The lowest BCUT2D eigenvalue weighted by Crippen LogP contribution is -2.15. The summed E-state index contributed by atoms with van der Waals surface area (Å²) in [6, 6.07) is 6.87. The molecule has 0 saturated heterocycles. The zero-order chi connectivity index (χ0) is 18.1. The molecule has 0 spiro atoms. The number of carbonyl (C=O) groups excluding carboxylic acids is 1. The fourth-order valence-electron chi connectivity index (χ4n) is 2.75. The van der Waals surface area contributed by atoms with Gasteiger partial charge in [0.25, 0.3) is 0 Å². The van der Waals surface area contributed by atoms with Gasteiger partial charge in [0.05, 0.1) is 23.1 Å². The first-order valence-electron chi connectivity index (χ1n) is 8.14. The third-order valence-corrected chi connectivity index (χ3v) is 4.10. The van der Waals surface area contributed by atoms with E-state index in [-0.39, 0.29) is 28.8 Å². The van der Waals surface area contributed by atoms with Gasteiger partial charge >= 0.3 is 5.97 Å². The van der Waals surface area contributed by atoms with Crippen LogP contribution in [0.1, 0.15) is 36.8 Å². The Kier molecular flexibility index (Phi) is 4.53. The topological polar surface area (TPSA) is 69.4 Å². The molecule has 1 aromatic carbocycles. The van der Waals surface area contributed by atoms with Gasteiger partial charge in [-0.15, -0.1) is 0 Å². The second kappa shape index (κ2) is 6.63. The lowest BCUT2D eigenvalue weighted by Gasteiger charge is -2.11. The van der Waals surface area contributed by atoms with Gasteiger partial charge in [0.1, 0.15) is 5.58 Å². The third-order valence-electron chi connectivity index (χ3n) is 4.10. The number of pyridine rings is 1. The van der Waals surface area contributed by atoms with Crippen LogP contribution in [0.4, 0.5) is 4.39 Å². The van der Waals surface area contributed by atoms with Crippen LogP contribution in [0.3, 0.4) is 0 Å². The maximum Gasteiger partial charge on any atom is 0.347 e. The van der Waals surface area contributed by atoms with E-state index >= 15 is 0 Å². The second-order valence-corrected chi connectivity index (χ2v) is 5.77. The van der Waals surface area contributed by atoms with Crippen molar-refractivity contribution in [1.29, 1.82) is 0 Å². The summed E-state index contributed by atoms with van der Waals surface area (Å²) in [6.45, 7) is 5.27. The van der Waals surface area contributed by atoms with Crippen molar-refractivity contribution >= 4 is 28.0 Å². The van der Waals surface area contributed by atoms with Crippen LogP contribution in [-0.2, 0) is 16.0 Å². The smallest absolute Gasteiger partial charge is 0.347 e. The number of alkyl halides is 1. The van der Waals surface area contributed by atoms with Crippen molar-refractivity contribution in [1.82, 2.24) is 4.98 Å². The molecule has 0 radical (unpaired) electrons. The highest BCUT2D eigenvalue weighted by Crippen LogP contribution is 2.26. The van der Waals surface area contributed by atoms with E-state index in [0.29, 0.717) is 16.5 Å². The van der Waals surface area contributed by atoms with Gasteiger partial charge in [-0.05, 0) is 49.6 Å². The monoisotopic (exact) mass is 343 g/mol. The number of aromatic nitrogens is 1. The Morgan fingerprint density at radius 1 is 1.28 bits per heavy atom. The molecule has 0 saturated carbocycles. The van der Waals surface area contributed by atoms with Crippen LogP contribution in [-0.4, -0.2) is 17.6 Å². The standard InChI is InChI=1S/C19H18FNO4/c1-4-11-6-7-14-12(9-11)17(22)13-8-10(3)16(21-18(13)25-14)15(20)19(23)24-5-2/h6-9,15H,4-5H2,1-3H3. The minimum atomic E-state index is -2.02. The molecule has 0 N–H and O–H groups in total. The zero-order valence-electron chi connectivity index (χ0n) is 14.3. The second-order valence-electron chi connectivity index (χ2n) is 5.77. The largest absolute Gasteiger partial charge is 0.464 e. The summed E-state index contributed by atoms with van der Waals surface area (Å²) < 4.78 is 24.7. The highest BCUT2D eigenvalue weighted by Gasteiger charge is 2.26. The van der Waals surface area contributed by atoms with E-state index in [1.165, 1.54) is 6.07 Å². The van der Waals surface area contributed by atoms with Crippen molar-refractivity contribution in [3.05, 3.63) is 51.3 Å². The van der Waals surface area contributed by atoms with E-state index in [4.69, 9.17) is 9.15 Å². The molecule has 0 fully saturated rings. The number of esters is 1. The molecule has 0 aliphatic rings. The van der Waals surface area contributed by atoms with Gasteiger partial charge in [0.2, 0.25) is 17.3 Å². The van der Waals surface area contributed by atoms with Crippen LogP contribution in [0.15, 0.2) is 33.5 Å². The van der Waals surface area contributed by atoms with Crippen molar-refractivity contribution in [3.8, 4) is 0 Å². The normalized spacial score (nSPS) is 12.5. The van der Waals surface area contributed by atoms with Gasteiger partial charge < -0.3 is 9.15 Å². The molecule has 3 rings (SSSR count). The fourth-order valence-corrected chi connectivity index (χ4v) is 2.75. The van der Waals surface area contributed by atoms with Crippen molar-refractivity contribution in [2.75, 3.05) is 6.61 Å². The lowest BCUT2D eigenvalue weighted by atomic mass is 10.1. The van der Waals surface area contributed by atoms with Crippen molar-refractivity contribution in [3.63, 3.8) is 0 Å². The van der Waals surface area contributed by atoms with Crippen LogP contribution in [0.25, 0.3) is 22.1 Å². The molecule has 1 unspecified atom stereocenters. The molecule has 25 heavy (non-hydrogen) atoms. The van der Waals surface area contributed by atoms with Gasteiger partial charge in [-0.2, -0.15) is 0 Å². The summed E-state index contributed by atoms with van der Waals surface area (Å²) in [6.07, 6.45) is -1.22. The molecule has 6 heteroatoms. The summed E-state index contributed by atoms with van der Waals surface area (Å²) in [5.74, 6) is -1.01. The highest BCUT2D eigenvalue weighted by molar-refractivity contribution is 5.89. The summed E-state index contributed by atoms with van der Waals surface area (Å²) in [7, 11) is 0. The number of carbonyl (C=O) groups is 1. The number of nitrogens with zero attached hydrogens (tertiary/aromatic N) is 1. The predicted octanol–water partition coefficient (Wildman–Crippen LogP) is 3.79. The number of hydrogen-bond donors (Lipinski definition) is 0. The maximum atomic E-state index is 14.4. The minimum absolute atomic E-state index is 0.00861. The highest BCUT2D eigenvalue weighted by atomic mass is 19.1. The molecule has 2 heterocycles. The Balaban J connectivity index is 2.22. The predicted molar refractivity (Wildman–Crippen MR) is 92.4 cm³/mol. The summed E-state index contributed by atoms with van der Waals surface area (Å²) >= 11 is 0. The Morgan fingerprint density at radius 3 is 2.72 bits per heavy atom. The van der Waals surface area contributed by atoms with Gasteiger partial charge in [0, 0.05) is 0 Å². The van der Waals surface area contributed by atoms with Crippen LogP contribution in [0.2, 0.25) is 0 Å². The summed E-state index contributed by atoms with van der Waals surface area (Å²) in [5.41, 5.74) is 1.48. The molecule has 3 aromatic rings. The molecule has 5 nitrogen and oxygen atoms in total. The zero-order valence-corrected chi connectivity index (χ0v) is 14.3. The van der Waals surface area contributed by atoms with Crippen LogP contribution >= 0.6 is 0 Å². The SMILES string of the molecule is CCOC(=O)C(F)c1nc2oc3ccc(CC)cc3c(=O)c2cc1C. The van der Waals surface area contributed by atoms with Crippen molar-refractivity contribution < 1.29 is 18.3 Å².